The number of benzene rings is 1. The molecule has 2 atom stereocenters. The molecular formula is C22H29ClN2O5S. The Morgan fingerprint density at radius 2 is 1.87 bits per heavy atom. The molecule has 9 heteroatoms. The summed E-state index contributed by atoms with van der Waals surface area (Å²) in [6, 6.07) is 4.82. The molecule has 0 spiro atoms. The summed E-state index contributed by atoms with van der Waals surface area (Å²) >= 11 is 6.89. The average molecular weight is 469 g/mol. The van der Waals surface area contributed by atoms with E-state index >= 15 is 0 Å². The zero-order valence-electron chi connectivity index (χ0n) is 17.7. The number of sulfonamides is 1. The molecule has 170 valence electrons. The number of anilines is 1. The van der Waals surface area contributed by atoms with Crippen molar-refractivity contribution in [2.45, 2.75) is 48.3 Å². The molecule has 1 N–H and O–H groups in total. The first-order chi connectivity index (χ1) is 14.7. The Morgan fingerprint density at radius 3 is 2.48 bits per heavy atom. The number of hydrogen-bond acceptors (Lipinski definition) is 5. The fourth-order valence-corrected chi connectivity index (χ4v) is 8.84. The van der Waals surface area contributed by atoms with Crippen LogP contribution < -0.4 is 10.1 Å². The van der Waals surface area contributed by atoms with Crippen LogP contribution >= 0.6 is 11.6 Å². The number of halogens is 1. The number of amides is 1. The molecule has 1 amide bonds. The molecule has 5 aliphatic rings. The van der Waals surface area contributed by atoms with Gasteiger partial charge < -0.3 is 14.8 Å². The summed E-state index contributed by atoms with van der Waals surface area (Å²) in [4.78, 5) is 13.3. The molecule has 5 fully saturated rings. The van der Waals surface area contributed by atoms with Gasteiger partial charge in [-0.05, 0) is 68.6 Å². The lowest BCUT2D eigenvalue weighted by Crippen LogP contribution is -2.57. The maximum atomic E-state index is 13.4. The predicted molar refractivity (Wildman–Crippen MR) is 117 cm³/mol. The topological polar surface area (TPSA) is 84.9 Å². The molecule has 0 unspecified atom stereocenters. The van der Waals surface area contributed by atoms with Gasteiger partial charge in [0, 0.05) is 23.7 Å². The molecule has 31 heavy (non-hydrogen) atoms. The van der Waals surface area contributed by atoms with Crippen LogP contribution in [-0.4, -0.2) is 56.9 Å². The Labute approximate surface area is 188 Å². The van der Waals surface area contributed by atoms with E-state index in [2.05, 4.69) is 5.32 Å². The zero-order valence-corrected chi connectivity index (χ0v) is 19.3. The van der Waals surface area contributed by atoms with Crippen molar-refractivity contribution in [2.24, 2.45) is 17.3 Å². The van der Waals surface area contributed by atoms with Crippen LogP contribution in [-0.2, 0) is 19.6 Å². The fraction of sp³-hybridized carbons (Fsp3) is 0.682. The SMILES string of the molecule is COc1ccc(NC(=O)C23C[C@H]4C[C@@H](CC(Cl)(C4)C2)C3)cc1S(=O)(=O)N1CCOCC1. The van der Waals surface area contributed by atoms with Gasteiger partial charge in [0.25, 0.3) is 0 Å². The third-order valence-electron chi connectivity index (χ3n) is 7.48. The Bertz CT molecular complexity index is 978. The molecule has 6 rings (SSSR count). The molecule has 0 aromatic heterocycles. The summed E-state index contributed by atoms with van der Waals surface area (Å²) in [6.07, 6.45) is 5.64. The Morgan fingerprint density at radius 1 is 1.19 bits per heavy atom. The lowest BCUT2D eigenvalue weighted by atomic mass is 9.49. The number of hydrogen-bond donors (Lipinski definition) is 1. The van der Waals surface area contributed by atoms with Crippen molar-refractivity contribution in [3.05, 3.63) is 18.2 Å². The number of rotatable bonds is 5. The van der Waals surface area contributed by atoms with E-state index in [4.69, 9.17) is 21.1 Å². The first kappa shape index (κ1) is 21.5. The number of alkyl halides is 1. The Balaban J connectivity index is 1.41. The highest BCUT2D eigenvalue weighted by Gasteiger charge is 2.60. The third-order valence-corrected chi connectivity index (χ3v) is 9.84. The van der Waals surface area contributed by atoms with Gasteiger partial charge in [0.15, 0.2) is 0 Å². The molecule has 1 aromatic rings. The van der Waals surface area contributed by atoms with Crippen molar-refractivity contribution in [3.63, 3.8) is 0 Å². The summed E-state index contributed by atoms with van der Waals surface area (Å²) in [5, 5.41) is 3.02. The predicted octanol–water partition coefficient (Wildman–Crippen LogP) is 3.23. The lowest BCUT2D eigenvalue weighted by Gasteiger charge is -2.59. The van der Waals surface area contributed by atoms with Gasteiger partial charge in [0.2, 0.25) is 15.9 Å². The molecule has 0 radical (unpaired) electrons. The third kappa shape index (κ3) is 3.75. The molecule has 4 saturated carbocycles. The smallest absolute Gasteiger partial charge is 0.246 e. The quantitative estimate of drug-likeness (QED) is 0.670. The second-order valence-corrected chi connectivity index (χ2v) is 12.4. The van der Waals surface area contributed by atoms with Gasteiger partial charge in [0.05, 0.1) is 25.7 Å². The van der Waals surface area contributed by atoms with E-state index in [1.165, 1.54) is 23.9 Å². The lowest BCUT2D eigenvalue weighted by molar-refractivity contribution is -0.138. The molecule has 1 saturated heterocycles. The van der Waals surface area contributed by atoms with Crippen LogP contribution in [0.2, 0.25) is 0 Å². The minimum absolute atomic E-state index is 0.0356. The molecule has 7 nitrogen and oxygen atoms in total. The van der Waals surface area contributed by atoms with E-state index in [-0.39, 0.29) is 21.4 Å². The number of nitrogens with one attached hydrogen (secondary N) is 1. The highest BCUT2D eigenvalue weighted by atomic mass is 35.5. The van der Waals surface area contributed by atoms with E-state index in [9.17, 15) is 13.2 Å². The van der Waals surface area contributed by atoms with Crippen molar-refractivity contribution < 1.29 is 22.7 Å². The van der Waals surface area contributed by atoms with E-state index in [0.29, 0.717) is 50.2 Å². The van der Waals surface area contributed by atoms with Gasteiger partial charge in [-0.15, -0.1) is 11.6 Å². The average Bonchev–Trinajstić information content (AvgIpc) is 2.72. The number of carbonyl (C=O) groups is 1. The summed E-state index contributed by atoms with van der Waals surface area (Å²) in [5.41, 5.74) is 0.0200. The van der Waals surface area contributed by atoms with E-state index in [0.717, 1.165) is 25.7 Å². The van der Waals surface area contributed by atoms with Gasteiger partial charge in [-0.1, -0.05) is 0 Å². The highest BCUT2D eigenvalue weighted by Crippen LogP contribution is 2.64. The van der Waals surface area contributed by atoms with E-state index in [1.807, 2.05) is 0 Å². The number of morpholine rings is 1. The van der Waals surface area contributed by atoms with Crippen molar-refractivity contribution in [2.75, 3.05) is 38.7 Å². The minimum atomic E-state index is -3.76. The molecule has 1 heterocycles. The van der Waals surface area contributed by atoms with Crippen LogP contribution in [0.4, 0.5) is 5.69 Å². The molecule has 1 aliphatic heterocycles. The van der Waals surface area contributed by atoms with Gasteiger partial charge >= 0.3 is 0 Å². The number of carbonyl (C=O) groups excluding carboxylic acids is 1. The second-order valence-electron chi connectivity index (χ2n) is 9.73. The summed E-state index contributed by atoms with van der Waals surface area (Å²) in [6.45, 7) is 1.32. The van der Waals surface area contributed by atoms with Gasteiger partial charge in [0.1, 0.15) is 10.6 Å². The molecule has 4 bridgehead atoms. The van der Waals surface area contributed by atoms with Crippen molar-refractivity contribution in [1.82, 2.24) is 4.31 Å². The fourth-order valence-electron chi connectivity index (χ4n) is 6.56. The Kier molecular flexibility index (Phi) is 5.28. The van der Waals surface area contributed by atoms with Crippen molar-refractivity contribution in [3.8, 4) is 5.75 Å². The maximum Gasteiger partial charge on any atom is 0.246 e. The van der Waals surface area contributed by atoms with Crippen LogP contribution in [0.15, 0.2) is 23.1 Å². The largest absolute Gasteiger partial charge is 0.495 e. The van der Waals surface area contributed by atoms with E-state index < -0.39 is 15.4 Å². The van der Waals surface area contributed by atoms with Gasteiger partial charge in [-0.25, -0.2) is 8.42 Å². The van der Waals surface area contributed by atoms with Crippen LogP contribution in [0.25, 0.3) is 0 Å². The number of nitrogens with zero attached hydrogens (tertiary/aromatic N) is 1. The number of ether oxygens (including phenoxy) is 2. The van der Waals surface area contributed by atoms with Crippen LogP contribution in [0, 0.1) is 17.3 Å². The maximum absolute atomic E-state index is 13.4. The summed E-state index contributed by atoms with van der Waals surface area (Å²) < 4.78 is 38.5. The first-order valence-corrected chi connectivity index (χ1v) is 12.8. The van der Waals surface area contributed by atoms with Gasteiger partial charge in [-0.2, -0.15) is 4.31 Å². The van der Waals surface area contributed by atoms with Crippen LogP contribution in [0.1, 0.15) is 38.5 Å². The highest BCUT2D eigenvalue weighted by molar-refractivity contribution is 7.89. The van der Waals surface area contributed by atoms with E-state index in [1.54, 1.807) is 12.1 Å². The zero-order chi connectivity index (χ0) is 21.9. The van der Waals surface area contributed by atoms with Crippen molar-refractivity contribution >= 4 is 33.2 Å². The first-order valence-electron chi connectivity index (χ1n) is 11.0. The molecular weight excluding hydrogens is 440 g/mol. The molecule has 1 aromatic carbocycles. The van der Waals surface area contributed by atoms with Gasteiger partial charge in [-0.3, -0.25) is 4.79 Å². The minimum Gasteiger partial charge on any atom is -0.495 e. The normalized spacial score (nSPS) is 35.2. The Hall–Kier alpha value is -1.35. The second kappa shape index (κ2) is 7.61. The standard InChI is InChI=1S/C22H29ClN2O5S/c1-29-18-3-2-17(9-19(18)31(27,28)25-4-6-30-7-5-25)24-20(26)21-10-15-8-16(11-21)13-22(23,12-15)14-21/h2-3,9,15-16H,4-8,10-14H2,1H3,(H,24,26)/t15-,16-,21?,22?/m1/s1. The van der Waals surface area contributed by atoms with Crippen molar-refractivity contribution in [1.29, 1.82) is 0 Å². The molecule has 4 aliphatic carbocycles. The summed E-state index contributed by atoms with van der Waals surface area (Å²) in [7, 11) is -2.32. The van der Waals surface area contributed by atoms with Crippen LogP contribution in [0.5, 0.6) is 5.75 Å². The summed E-state index contributed by atoms with van der Waals surface area (Å²) in [5.74, 6) is 1.25. The number of methoxy groups -OCH3 is 1. The van der Waals surface area contributed by atoms with Crippen LogP contribution in [0.3, 0.4) is 0 Å². The monoisotopic (exact) mass is 468 g/mol.